The minimum absolute atomic E-state index is 0.0254. The molecule has 0 saturated carbocycles. The van der Waals surface area contributed by atoms with Crippen LogP contribution in [0.2, 0.25) is 10.4 Å². The first-order chi connectivity index (χ1) is 17.4. The van der Waals surface area contributed by atoms with Crippen molar-refractivity contribution in [3.05, 3.63) is 46.6 Å². The number of carbonyl (C=O) groups excluding carboxylic acids is 2. The molecule has 1 aromatic rings. The fourth-order valence-electron chi connectivity index (χ4n) is 3.57. The van der Waals surface area contributed by atoms with Gasteiger partial charge in [-0.25, -0.2) is 9.97 Å². The number of imidazole rings is 1. The molecule has 0 bridgehead atoms. The van der Waals surface area contributed by atoms with Crippen molar-refractivity contribution in [1.29, 1.82) is 0 Å². The van der Waals surface area contributed by atoms with Crippen LogP contribution in [0.5, 0.6) is 0 Å². The minimum Gasteiger partial charge on any atom is -0.463 e. The van der Waals surface area contributed by atoms with Crippen molar-refractivity contribution in [2.75, 3.05) is 6.61 Å². The molecule has 4 rings (SSSR count). The third kappa shape index (κ3) is 5.30. The fraction of sp³-hybridized carbons (Fsp3) is 0.381. The zero-order chi connectivity index (χ0) is 27.1. The van der Waals surface area contributed by atoms with Crippen molar-refractivity contribution in [1.82, 2.24) is 19.5 Å². The Morgan fingerprint density at radius 3 is 2.58 bits per heavy atom. The van der Waals surface area contributed by atoms with Gasteiger partial charge in [-0.2, -0.15) is 13.4 Å². The highest BCUT2D eigenvalue weighted by Crippen LogP contribution is 2.41. The molecule has 3 aliphatic heterocycles. The number of fused-ring (bicyclic) bond motifs is 1. The van der Waals surface area contributed by atoms with Gasteiger partial charge in [0.2, 0.25) is 5.28 Å². The van der Waals surface area contributed by atoms with Gasteiger partial charge in [-0.15, -0.1) is 0 Å². The standard InChI is InChI=1S/C21H20Cl2N4O8S/c1-10-4-6-13(7-5-10)36(30,31)35-16-14(8-32-11(2)28)34-20(17(16)33-12(3)29)27-18(22)15-19(25-9-24-15)26-21(27)23/h4-7,9,14,16-17,20H,8H2,1-3H3/t14-,16+,17-,20?/m1/s1/i4D. The van der Waals surface area contributed by atoms with Crippen molar-refractivity contribution >= 4 is 45.3 Å². The molecule has 4 atom stereocenters. The summed E-state index contributed by atoms with van der Waals surface area (Å²) in [5.41, 5.74) is 0.709. The lowest BCUT2D eigenvalue weighted by Gasteiger charge is -2.26. The van der Waals surface area contributed by atoms with E-state index in [1.165, 1.54) is 18.5 Å². The van der Waals surface area contributed by atoms with E-state index in [1.807, 2.05) is 0 Å². The number of aryl methyl sites for hydroxylation is 1. The molecule has 0 amide bonds. The lowest BCUT2D eigenvalue weighted by Crippen LogP contribution is -2.41. The third-order valence-corrected chi connectivity index (χ3v) is 7.08. The molecule has 192 valence electrons. The Kier molecular flexibility index (Phi) is 7.08. The number of hydrogen-bond donors (Lipinski definition) is 0. The Labute approximate surface area is 217 Å². The zero-order valence-electron chi connectivity index (χ0n) is 20.0. The van der Waals surface area contributed by atoms with E-state index in [2.05, 4.69) is 15.0 Å². The molecule has 1 aromatic carbocycles. The molecule has 3 heterocycles. The van der Waals surface area contributed by atoms with Crippen LogP contribution in [0.25, 0.3) is 11.5 Å². The first kappa shape index (κ1) is 24.8. The summed E-state index contributed by atoms with van der Waals surface area (Å²) < 4.78 is 57.4. The molecule has 3 aliphatic rings. The molecule has 0 aliphatic carbocycles. The molecule has 15 heteroatoms. The van der Waals surface area contributed by atoms with Crippen molar-refractivity contribution in [3.63, 3.8) is 0 Å². The van der Waals surface area contributed by atoms with Gasteiger partial charge < -0.3 is 14.2 Å². The highest BCUT2D eigenvalue weighted by atomic mass is 35.5. The number of nitrogens with zero attached hydrogens (tertiary/aromatic N) is 4. The Hall–Kier alpha value is -2.84. The quantitative estimate of drug-likeness (QED) is 0.182. The SMILES string of the molecule is [2H]c1cc(S(=O)(=O)O[C@H]2[C@@H](COC(C)=O)OC(n3c(Cl)nc4ncnc-4c3Cl)[C@@H]2OC(C)=O)ccc1C. The molecule has 1 unspecified atom stereocenters. The van der Waals surface area contributed by atoms with Crippen LogP contribution in [0.3, 0.4) is 0 Å². The van der Waals surface area contributed by atoms with E-state index < -0.39 is 53.2 Å². The predicted molar refractivity (Wildman–Crippen MR) is 124 cm³/mol. The van der Waals surface area contributed by atoms with Crippen LogP contribution >= 0.6 is 23.2 Å². The van der Waals surface area contributed by atoms with Crippen molar-refractivity contribution in [3.8, 4) is 11.5 Å². The molecule has 36 heavy (non-hydrogen) atoms. The number of ether oxygens (including phenoxy) is 3. The summed E-state index contributed by atoms with van der Waals surface area (Å²) in [6.45, 7) is 3.45. The summed E-state index contributed by atoms with van der Waals surface area (Å²) >= 11 is 12.8. The van der Waals surface area contributed by atoms with Gasteiger partial charge in [-0.05, 0) is 30.7 Å². The van der Waals surface area contributed by atoms with Gasteiger partial charge in [0.25, 0.3) is 10.1 Å². The molecule has 0 spiro atoms. The van der Waals surface area contributed by atoms with Crippen LogP contribution in [-0.4, -0.2) is 64.8 Å². The van der Waals surface area contributed by atoms with Crippen LogP contribution in [0.4, 0.5) is 0 Å². The normalized spacial score (nSPS) is 22.4. The largest absolute Gasteiger partial charge is 0.463 e. The van der Waals surface area contributed by atoms with Crippen molar-refractivity contribution in [2.45, 2.75) is 50.2 Å². The molecule has 0 N–H and O–H groups in total. The van der Waals surface area contributed by atoms with Gasteiger partial charge in [0.05, 0.1) is 6.27 Å². The van der Waals surface area contributed by atoms with E-state index >= 15 is 0 Å². The second kappa shape index (κ2) is 10.3. The molecule has 12 nitrogen and oxygen atoms in total. The number of esters is 2. The van der Waals surface area contributed by atoms with Gasteiger partial charge in [-0.3, -0.25) is 18.3 Å². The molecule has 1 fully saturated rings. The minimum atomic E-state index is -4.52. The second-order valence-electron chi connectivity index (χ2n) is 7.75. The van der Waals surface area contributed by atoms with E-state index in [9.17, 15) is 18.0 Å². The van der Waals surface area contributed by atoms with Gasteiger partial charge in [0.15, 0.2) is 18.2 Å². The first-order valence-electron chi connectivity index (χ1n) is 10.9. The lowest BCUT2D eigenvalue weighted by atomic mass is 10.1. The number of hydrogen-bond acceptors (Lipinski definition) is 11. The fourth-order valence-corrected chi connectivity index (χ4v) is 5.26. The molecule has 0 radical (unpaired) electrons. The van der Waals surface area contributed by atoms with E-state index in [-0.39, 0.29) is 32.9 Å². The summed E-state index contributed by atoms with van der Waals surface area (Å²) in [6.07, 6.45) is -4.36. The maximum Gasteiger partial charge on any atom is 0.303 e. The van der Waals surface area contributed by atoms with Crippen LogP contribution in [0.1, 0.15) is 27.0 Å². The summed E-state index contributed by atoms with van der Waals surface area (Å²) in [6, 6.07) is 3.81. The van der Waals surface area contributed by atoms with E-state index in [0.29, 0.717) is 5.56 Å². The zero-order valence-corrected chi connectivity index (χ0v) is 21.4. The highest BCUT2D eigenvalue weighted by Gasteiger charge is 2.52. The van der Waals surface area contributed by atoms with Gasteiger partial charge in [-0.1, -0.05) is 29.3 Å². The van der Waals surface area contributed by atoms with Gasteiger partial charge in [0, 0.05) is 13.8 Å². The van der Waals surface area contributed by atoms with Gasteiger partial charge in [0.1, 0.15) is 36.0 Å². The smallest absolute Gasteiger partial charge is 0.303 e. The Balaban J connectivity index is 1.79. The van der Waals surface area contributed by atoms with Crippen molar-refractivity contribution in [2.24, 2.45) is 0 Å². The predicted octanol–water partition coefficient (Wildman–Crippen LogP) is 2.56. The van der Waals surface area contributed by atoms with Gasteiger partial charge >= 0.3 is 11.9 Å². The average molecular weight is 560 g/mol. The summed E-state index contributed by atoms with van der Waals surface area (Å²) in [4.78, 5) is 35.3. The number of rotatable bonds is 7. The summed E-state index contributed by atoms with van der Waals surface area (Å²) in [5.74, 6) is -1.32. The number of aromatic nitrogens is 4. The van der Waals surface area contributed by atoms with E-state index in [1.54, 1.807) is 6.92 Å². The molecule has 1 saturated heterocycles. The summed E-state index contributed by atoms with van der Waals surface area (Å²) in [5, 5.41) is -0.311. The Bertz CT molecular complexity index is 1440. The molecular formula is C21H20Cl2N4O8S. The average Bonchev–Trinajstić information content (AvgIpc) is 3.39. The molecule has 0 aromatic heterocycles. The number of carbonyl (C=O) groups is 2. The first-order valence-corrected chi connectivity index (χ1v) is 12.6. The van der Waals surface area contributed by atoms with E-state index in [0.717, 1.165) is 24.5 Å². The number of benzene rings is 1. The van der Waals surface area contributed by atoms with Crippen molar-refractivity contribution < 1.29 is 37.8 Å². The van der Waals surface area contributed by atoms with E-state index in [4.69, 9.17) is 43.0 Å². The Morgan fingerprint density at radius 2 is 1.92 bits per heavy atom. The maximum atomic E-state index is 13.2. The number of halogens is 2. The van der Waals surface area contributed by atoms with Crippen LogP contribution in [-0.2, 0) is 38.1 Å². The molecular weight excluding hydrogens is 539 g/mol. The van der Waals surface area contributed by atoms with Crippen LogP contribution < -0.4 is 0 Å². The maximum absolute atomic E-state index is 13.2. The Morgan fingerprint density at radius 1 is 1.17 bits per heavy atom. The van der Waals surface area contributed by atoms with Crippen LogP contribution in [0, 0.1) is 6.92 Å². The van der Waals surface area contributed by atoms with Crippen LogP contribution in [0.15, 0.2) is 35.5 Å². The topological polar surface area (TPSA) is 149 Å². The highest BCUT2D eigenvalue weighted by molar-refractivity contribution is 7.86. The summed E-state index contributed by atoms with van der Waals surface area (Å²) in [7, 11) is -4.52. The third-order valence-electron chi connectivity index (χ3n) is 5.14. The monoisotopic (exact) mass is 559 g/mol. The lowest BCUT2D eigenvalue weighted by molar-refractivity contribution is -0.155. The second-order valence-corrected chi connectivity index (χ2v) is 10.0.